The van der Waals surface area contributed by atoms with Crippen LogP contribution in [0.1, 0.15) is 18.9 Å². The van der Waals surface area contributed by atoms with Crippen LogP contribution in [-0.2, 0) is 14.3 Å². The van der Waals surface area contributed by atoms with Gasteiger partial charge < -0.3 is 34.8 Å². The summed E-state index contributed by atoms with van der Waals surface area (Å²) in [5, 5.41) is 33.2. The van der Waals surface area contributed by atoms with E-state index in [1.54, 1.807) is 0 Å². The van der Waals surface area contributed by atoms with Gasteiger partial charge in [-0.2, -0.15) is 0 Å². The molecule has 8 nitrogen and oxygen atoms in total. The maximum atomic E-state index is 14.3. The third-order valence-electron chi connectivity index (χ3n) is 5.22. The molecule has 0 unspecified atom stereocenters. The summed E-state index contributed by atoms with van der Waals surface area (Å²) in [6.07, 6.45) is -5.06. The van der Waals surface area contributed by atoms with E-state index in [2.05, 4.69) is 5.32 Å². The molecule has 1 aromatic rings. The van der Waals surface area contributed by atoms with E-state index in [0.29, 0.717) is 0 Å². The Morgan fingerprint density at radius 3 is 2.52 bits per heavy atom. The van der Waals surface area contributed by atoms with Crippen molar-refractivity contribution >= 4 is 12.0 Å². The number of rotatable bonds is 7. The molecule has 4 N–H and O–H groups in total. The van der Waals surface area contributed by atoms with Crippen LogP contribution in [0.25, 0.3) is 6.08 Å². The lowest BCUT2D eigenvalue weighted by molar-refractivity contribution is -0.155. The van der Waals surface area contributed by atoms with Crippen molar-refractivity contribution in [2.75, 3.05) is 20.1 Å². The first-order valence-electron chi connectivity index (χ1n) is 9.69. The number of aliphatic hydroxyl groups excluding tert-OH is 3. The van der Waals surface area contributed by atoms with Crippen LogP contribution in [0.15, 0.2) is 17.7 Å². The fraction of sp³-hybridized carbons (Fsp3) is 0.550. The molecule has 3 rings (SSSR count). The Hall–Kier alpha value is -2.18. The molecule has 0 aromatic heterocycles. The van der Waals surface area contributed by atoms with Crippen LogP contribution in [0.4, 0.5) is 13.2 Å². The highest BCUT2D eigenvalue weighted by Gasteiger charge is 2.53. The lowest BCUT2D eigenvalue weighted by Crippen LogP contribution is -2.67. The molecule has 1 heterocycles. The van der Waals surface area contributed by atoms with Crippen molar-refractivity contribution in [3.8, 4) is 5.75 Å². The first-order chi connectivity index (χ1) is 14.7. The van der Waals surface area contributed by atoms with Crippen LogP contribution in [0.5, 0.6) is 5.75 Å². The minimum Gasteiger partial charge on any atom is -0.490 e. The van der Waals surface area contributed by atoms with Gasteiger partial charge in [-0.3, -0.25) is 9.18 Å². The van der Waals surface area contributed by atoms with E-state index in [1.165, 1.54) is 6.92 Å². The smallest absolute Gasteiger partial charge is 0.247 e. The van der Waals surface area contributed by atoms with Gasteiger partial charge in [0.1, 0.15) is 43.1 Å². The molecule has 1 saturated heterocycles. The Morgan fingerprint density at radius 2 is 1.84 bits per heavy atom. The number of hydrogen-bond acceptors (Lipinski definition) is 7. The topological polar surface area (TPSA) is 117 Å². The van der Waals surface area contributed by atoms with Gasteiger partial charge in [0.15, 0.2) is 11.6 Å². The van der Waals surface area contributed by atoms with Gasteiger partial charge in [0.2, 0.25) is 5.91 Å². The maximum absolute atomic E-state index is 14.3. The average molecular weight is 447 g/mol. The standard InChI is InChI=1S/C20H24F3NO7/c1-9(5-10-6-12(23)13(7-11(10)22)29-4-2-3-21)20(28)24-14-15(25)17(27)19-18(16(14)26)30-8-31-19/h5-7,14-19,25-27H,2-4,8H2,1H3,(H,24,28)/b9-5+/t14-,15+,16-,17-,18+,19-/m1/s1. The summed E-state index contributed by atoms with van der Waals surface area (Å²) in [4.78, 5) is 12.5. The number of carbonyl (C=O) groups is 1. The van der Waals surface area contributed by atoms with Crippen LogP contribution < -0.4 is 10.1 Å². The molecule has 31 heavy (non-hydrogen) atoms. The monoisotopic (exact) mass is 447 g/mol. The summed E-state index contributed by atoms with van der Waals surface area (Å²) < 4.78 is 55.8. The minimum atomic E-state index is -1.54. The number of halogens is 3. The minimum absolute atomic E-state index is 0.0360. The van der Waals surface area contributed by atoms with Gasteiger partial charge in [0, 0.05) is 23.6 Å². The maximum Gasteiger partial charge on any atom is 0.247 e. The van der Waals surface area contributed by atoms with E-state index in [0.717, 1.165) is 18.2 Å². The Kier molecular flexibility index (Phi) is 7.55. The Morgan fingerprint density at radius 1 is 1.16 bits per heavy atom. The fourth-order valence-corrected chi connectivity index (χ4v) is 3.52. The zero-order valence-electron chi connectivity index (χ0n) is 16.6. The fourth-order valence-electron chi connectivity index (χ4n) is 3.52. The molecule has 1 amide bonds. The molecule has 0 spiro atoms. The number of nitrogens with one attached hydrogen (secondary N) is 1. The predicted molar refractivity (Wildman–Crippen MR) is 101 cm³/mol. The number of amides is 1. The molecular weight excluding hydrogens is 423 g/mol. The lowest BCUT2D eigenvalue weighted by Gasteiger charge is -2.41. The number of alkyl halides is 1. The number of carbonyl (C=O) groups excluding carboxylic acids is 1. The van der Waals surface area contributed by atoms with Gasteiger partial charge in [0.05, 0.1) is 19.3 Å². The molecule has 6 atom stereocenters. The van der Waals surface area contributed by atoms with Crippen molar-refractivity contribution in [1.29, 1.82) is 0 Å². The van der Waals surface area contributed by atoms with E-state index in [4.69, 9.17) is 14.2 Å². The number of hydrogen-bond donors (Lipinski definition) is 4. The molecular formula is C20H24F3NO7. The van der Waals surface area contributed by atoms with Crippen LogP contribution in [-0.4, -0.2) is 77.9 Å². The Bertz CT molecular complexity index is 837. The molecule has 2 fully saturated rings. The summed E-state index contributed by atoms with van der Waals surface area (Å²) >= 11 is 0. The Balaban J connectivity index is 1.71. The average Bonchev–Trinajstić information content (AvgIpc) is 3.23. The second kappa shape index (κ2) is 9.96. The van der Waals surface area contributed by atoms with Crippen LogP contribution >= 0.6 is 0 Å². The summed E-state index contributed by atoms with van der Waals surface area (Å²) in [5.74, 6) is -2.90. The summed E-state index contributed by atoms with van der Waals surface area (Å²) in [5.41, 5.74) is -0.288. The zero-order valence-corrected chi connectivity index (χ0v) is 16.6. The van der Waals surface area contributed by atoms with Gasteiger partial charge in [0.25, 0.3) is 0 Å². The number of benzene rings is 1. The van der Waals surface area contributed by atoms with Crippen molar-refractivity contribution in [1.82, 2.24) is 5.32 Å². The molecule has 1 aliphatic carbocycles. The molecule has 1 aromatic carbocycles. The van der Waals surface area contributed by atoms with Gasteiger partial charge in [-0.05, 0) is 19.1 Å². The zero-order chi connectivity index (χ0) is 22.7. The van der Waals surface area contributed by atoms with E-state index in [9.17, 15) is 33.3 Å². The van der Waals surface area contributed by atoms with Crippen molar-refractivity contribution in [3.05, 3.63) is 34.9 Å². The van der Waals surface area contributed by atoms with Crippen LogP contribution in [0.2, 0.25) is 0 Å². The highest BCUT2D eigenvalue weighted by molar-refractivity contribution is 5.97. The normalized spacial score (nSPS) is 30.7. The molecule has 11 heteroatoms. The van der Waals surface area contributed by atoms with Crippen LogP contribution in [0.3, 0.4) is 0 Å². The highest BCUT2D eigenvalue weighted by atomic mass is 19.1. The second-order valence-electron chi connectivity index (χ2n) is 7.37. The Labute approximate surface area is 176 Å². The van der Waals surface area contributed by atoms with Crippen molar-refractivity contribution in [2.45, 2.75) is 49.9 Å². The summed E-state index contributed by atoms with van der Waals surface area (Å²) in [6, 6.07) is 0.355. The molecule has 2 aliphatic rings. The SMILES string of the molecule is C/C(=C\c1cc(F)c(OCCCF)cc1F)C(=O)N[C@@H]1[C@H](O)[C@@H](O)[C@H]2OCO[C@H]2[C@@H]1O. The quantitative estimate of drug-likeness (QED) is 0.354. The van der Waals surface area contributed by atoms with Gasteiger partial charge in [-0.25, -0.2) is 8.78 Å². The molecule has 0 bridgehead atoms. The number of fused-ring (bicyclic) bond motifs is 1. The molecule has 1 aliphatic heterocycles. The van der Waals surface area contributed by atoms with Gasteiger partial charge in [-0.15, -0.1) is 0 Å². The van der Waals surface area contributed by atoms with E-state index >= 15 is 0 Å². The molecule has 172 valence electrons. The van der Waals surface area contributed by atoms with E-state index < -0.39 is 60.8 Å². The molecule has 1 saturated carbocycles. The van der Waals surface area contributed by atoms with E-state index in [1.807, 2.05) is 0 Å². The van der Waals surface area contributed by atoms with Crippen molar-refractivity contribution in [3.63, 3.8) is 0 Å². The number of aliphatic hydroxyl groups is 3. The molecule has 0 radical (unpaired) electrons. The first kappa shape index (κ1) is 23.5. The largest absolute Gasteiger partial charge is 0.490 e. The third-order valence-corrected chi connectivity index (χ3v) is 5.22. The summed E-state index contributed by atoms with van der Waals surface area (Å²) in [7, 11) is 0. The second-order valence-corrected chi connectivity index (χ2v) is 7.37. The predicted octanol–water partition coefficient (Wildman–Crippen LogP) is 0.429. The summed E-state index contributed by atoms with van der Waals surface area (Å²) in [6.45, 7) is 0.390. The number of ether oxygens (including phenoxy) is 3. The van der Waals surface area contributed by atoms with Crippen molar-refractivity contribution in [2.24, 2.45) is 0 Å². The van der Waals surface area contributed by atoms with Crippen LogP contribution in [0, 0.1) is 11.6 Å². The van der Waals surface area contributed by atoms with E-state index in [-0.39, 0.29) is 36.7 Å². The first-order valence-corrected chi connectivity index (χ1v) is 9.69. The third kappa shape index (κ3) is 5.01. The van der Waals surface area contributed by atoms with Crippen molar-refractivity contribution < 1.29 is 47.5 Å². The van der Waals surface area contributed by atoms with Gasteiger partial charge >= 0.3 is 0 Å². The highest BCUT2D eigenvalue weighted by Crippen LogP contribution is 2.30. The van der Waals surface area contributed by atoms with Gasteiger partial charge in [-0.1, -0.05) is 0 Å². The lowest BCUT2D eigenvalue weighted by atomic mass is 9.83.